The van der Waals surface area contributed by atoms with Crippen LogP contribution in [0.5, 0.6) is 5.75 Å². The molecule has 4 rings (SSSR count). The van der Waals surface area contributed by atoms with Crippen LogP contribution in [0, 0.1) is 0 Å². The lowest BCUT2D eigenvalue weighted by Crippen LogP contribution is -2.27. The topological polar surface area (TPSA) is 90.7 Å². The van der Waals surface area contributed by atoms with Crippen molar-refractivity contribution in [2.45, 2.75) is 0 Å². The molecule has 2 heterocycles. The quantitative estimate of drug-likeness (QED) is 0.499. The number of carbonyl (C=O) groups excluding carboxylic acids is 1. The zero-order chi connectivity index (χ0) is 19.8. The maximum absolute atomic E-state index is 12.9. The molecule has 0 unspecified atom stereocenters. The summed E-state index contributed by atoms with van der Waals surface area (Å²) in [7, 11) is 0. The average molecular weight is 408 g/mol. The minimum Gasteiger partial charge on any atom is -0.507 e. The number of aromatic hydroxyl groups is 1. The number of aromatic nitrogens is 1. The number of rotatable bonds is 3. The van der Waals surface area contributed by atoms with Crippen molar-refractivity contribution in [1.82, 2.24) is 4.98 Å². The van der Waals surface area contributed by atoms with E-state index in [4.69, 9.17) is 12.2 Å². The Bertz CT molecular complexity index is 1190. The van der Waals surface area contributed by atoms with E-state index in [2.05, 4.69) is 4.98 Å². The second-order valence-corrected chi connectivity index (χ2v) is 7.63. The fourth-order valence-electron chi connectivity index (χ4n) is 2.82. The summed E-state index contributed by atoms with van der Waals surface area (Å²) < 4.78 is 0.277. The van der Waals surface area contributed by atoms with E-state index in [1.807, 2.05) is 36.4 Å². The number of pyridine rings is 1. The number of hydrogen-bond acceptors (Lipinski definition) is 6. The molecule has 0 radical (unpaired) electrons. The van der Waals surface area contributed by atoms with Gasteiger partial charge in [0.05, 0.1) is 21.8 Å². The van der Waals surface area contributed by atoms with Crippen molar-refractivity contribution < 1.29 is 19.8 Å². The molecular formula is C20H12N2O4S2. The summed E-state index contributed by atoms with van der Waals surface area (Å²) in [5, 5.41) is 19.8. The first-order valence-corrected chi connectivity index (χ1v) is 9.36. The highest BCUT2D eigenvalue weighted by atomic mass is 32.2. The lowest BCUT2D eigenvalue weighted by atomic mass is 10.1. The van der Waals surface area contributed by atoms with Crippen LogP contribution in [0.15, 0.2) is 59.5 Å². The number of carboxylic acids is 1. The molecule has 6 nitrogen and oxygen atoms in total. The number of carbonyl (C=O) groups is 2. The molecule has 1 fully saturated rings. The maximum atomic E-state index is 12.9. The fraction of sp³-hybridized carbons (Fsp3) is 0. The molecule has 28 heavy (non-hydrogen) atoms. The van der Waals surface area contributed by atoms with Gasteiger partial charge in [0.1, 0.15) is 11.3 Å². The number of amides is 1. The molecule has 138 valence electrons. The van der Waals surface area contributed by atoms with Gasteiger partial charge in [0.2, 0.25) is 0 Å². The number of carboxylic acid groups (broad SMARTS) is 1. The Morgan fingerprint density at radius 2 is 1.93 bits per heavy atom. The van der Waals surface area contributed by atoms with E-state index in [9.17, 15) is 19.8 Å². The fourth-order valence-corrected chi connectivity index (χ4v) is 4.10. The largest absolute Gasteiger partial charge is 0.507 e. The monoisotopic (exact) mass is 408 g/mol. The molecule has 3 aromatic rings. The molecule has 2 aromatic carbocycles. The predicted octanol–water partition coefficient (Wildman–Crippen LogP) is 4.04. The van der Waals surface area contributed by atoms with Crippen LogP contribution in [0.25, 0.3) is 17.0 Å². The van der Waals surface area contributed by atoms with E-state index in [0.29, 0.717) is 10.6 Å². The molecule has 1 saturated heterocycles. The number of phenols is 1. The van der Waals surface area contributed by atoms with Crippen LogP contribution >= 0.6 is 24.0 Å². The second-order valence-electron chi connectivity index (χ2n) is 5.95. The third-order valence-corrected chi connectivity index (χ3v) is 5.46. The minimum absolute atomic E-state index is 0.277. The first-order valence-electron chi connectivity index (χ1n) is 8.14. The van der Waals surface area contributed by atoms with Crippen LogP contribution in [-0.2, 0) is 4.79 Å². The summed E-state index contributed by atoms with van der Waals surface area (Å²) in [6.45, 7) is 0. The number of anilines is 1. The molecule has 2 N–H and O–H groups in total. The van der Waals surface area contributed by atoms with Crippen LogP contribution in [0.1, 0.15) is 16.1 Å². The van der Waals surface area contributed by atoms with Crippen LogP contribution in [0.2, 0.25) is 0 Å². The van der Waals surface area contributed by atoms with E-state index in [1.54, 1.807) is 6.08 Å². The van der Waals surface area contributed by atoms with Crippen LogP contribution < -0.4 is 4.90 Å². The first kappa shape index (κ1) is 18.1. The van der Waals surface area contributed by atoms with E-state index >= 15 is 0 Å². The molecule has 0 spiro atoms. The van der Waals surface area contributed by atoms with Crippen LogP contribution in [-0.4, -0.2) is 31.4 Å². The van der Waals surface area contributed by atoms with Gasteiger partial charge in [-0.25, -0.2) is 9.78 Å². The number of para-hydroxylation sites is 1. The Morgan fingerprint density at radius 1 is 1.14 bits per heavy atom. The van der Waals surface area contributed by atoms with Gasteiger partial charge in [-0.2, -0.15) is 0 Å². The Balaban J connectivity index is 1.69. The number of fused-ring (bicyclic) bond motifs is 1. The Morgan fingerprint density at radius 3 is 2.71 bits per heavy atom. The van der Waals surface area contributed by atoms with Crippen molar-refractivity contribution in [2.75, 3.05) is 4.90 Å². The van der Waals surface area contributed by atoms with Gasteiger partial charge < -0.3 is 10.2 Å². The summed E-state index contributed by atoms with van der Waals surface area (Å²) in [5.74, 6) is -2.04. The lowest BCUT2D eigenvalue weighted by Gasteiger charge is -2.15. The standard InChI is InChI=1S/C20H12N2O4S2/c23-16-8-7-13(10-14(16)19(25)26)22-18(24)17(28-20(22)27)9-12-6-5-11-3-1-2-4-15(11)21-12/h1-10,23H,(H,25,26)/b17-9+. The predicted molar refractivity (Wildman–Crippen MR) is 112 cm³/mol. The smallest absolute Gasteiger partial charge is 0.339 e. The van der Waals surface area contributed by atoms with Gasteiger partial charge >= 0.3 is 5.97 Å². The molecule has 1 aliphatic heterocycles. The molecule has 0 saturated carbocycles. The highest BCUT2D eigenvalue weighted by Crippen LogP contribution is 2.37. The van der Waals surface area contributed by atoms with Crippen LogP contribution in [0.4, 0.5) is 5.69 Å². The van der Waals surface area contributed by atoms with E-state index in [1.165, 1.54) is 23.1 Å². The highest BCUT2D eigenvalue weighted by Gasteiger charge is 2.34. The molecule has 0 aliphatic carbocycles. The van der Waals surface area contributed by atoms with Gasteiger partial charge in [0.15, 0.2) is 4.32 Å². The molecule has 8 heteroatoms. The van der Waals surface area contributed by atoms with Gasteiger partial charge in [-0.1, -0.05) is 48.2 Å². The summed E-state index contributed by atoms with van der Waals surface area (Å²) in [5.41, 5.74) is 1.42. The molecule has 1 amide bonds. The molecule has 0 atom stereocenters. The van der Waals surface area contributed by atoms with Crippen molar-refractivity contribution >= 4 is 62.8 Å². The van der Waals surface area contributed by atoms with Gasteiger partial charge in [-0.15, -0.1) is 0 Å². The van der Waals surface area contributed by atoms with Crippen molar-refractivity contribution in [3.05, 3.63) is 70.8 Å². The first-order chi connectivity index (χ1) is 13.4. The average Bonchev–Trinajstić information content (AvgIpc) is 2.95. The van der Waals surface area contributed by atoms with Crippen LogP contribution in [0.3, 0.4) is 0 Å². The molecule has 1 aromatic heterocycles. The van der Waals surface area contributed by atoms with E-state index < -0.39 is 5.97 Å². The van der Waals surface area contributed by atoms with Crippen molar-refractivity contribution in [3.8, 4) is 5.75 Å². The molecule has 0 bridgehead atoms. The Hall–Kier alpha value is -3.23. The Labute approximate surface area is 169 Å². The van der Waals surface area contributed by atoms with Crippen molar-refractivity contribution in [3.63, 3.8) is 0 Å². The number of nitrogens with zero attached hydrogens (tertiary/aromatic N) is 2. The SMILES string of the molecule is O=C(O)c1cc(N2C(=O)/C(=C\c3ccc4ccccc4n3)SC2=S)ccc1O. The summed E-state index contributed by atoms with van der Waals surface area (Å²) in [4.78, 5) is 30.3. The summed E-state index contributed by atoms with van der Waals surface area (Å²) >= 11 is 6.42. The number of thiocarbonyl (C=S) groups is 1. The maximum Gasteiger partial charge on any atom is 0.339 e. The number of benzene rings is 2. The molecular weight excluding hydrogens is 396 g/mol. The van der Waals surface area contributed by atoms with Crippen molar-refractivity contribution in [1.29, 1.82) is 0 Å². The molecule has 1 aliphatic rings. The zero-order valence-corrected chi connectivity index (χ0v) is 15.8. The van der Waals surface area contributed by atoms with Crippen molar-refractivity contribution in [2.24, 2.45) is 0 Å². The van der Waals surface area contributed by atoms with E-state index in [0.717, 1.165) is 22.7 Å². The highest BCUT2D eigenvalue weighted by molar-refractivity contribution is 8.27. The summed E-state index contributed by atoms with van der Waals surface area (Å²) in [6, 6.07) is 15.3. The van der Waals surface area contributed by atoms with Gasteiger partial charge in [0.25, 0.3) is 5.91 Å². The second kappa shape index (κ2) is 7.06. The lowest BCUT2D eigenvalue weighted by molar-refractivity contribution is -0.113. The summed E-state index contributed by atoms with van der Waals surface area (Å²) in [6.07, 6.45) is 1.66. The number of hydrogen-bond donors (Lipinski definition) is 2. The third-order valence-electron chi connectivity index (χ3n) is 4.16. The number of aromatic carboxylic acids is 1. The normalized spacial score (nSPS) is 15.6. The van der Waals surface area contributed by atoms with Gasteiger partial charge in [0, 0.05) is 5.39 Å². The Kier molecular flexibility index (Phi) is 4.58. The van der Waals surface area contributed by atoms with Gasteiger partial charge in [-0.05, 0) is 36.4 Å². The zero-order valence-electron chi connectivity index (χ0n) is 14.2. The van der Waals surface area contributed by atoms with E-state index in [-0.39, 0.29) is 27.2 Å². The van der Waals surface area contributed by atoms with Gasteiger partial charge in [-0.3, -0.25) is 9.69 Å². The third kappa shape index (κ3) is 3.23. The number of thioether (sulfide) groups is 1. The minimum atomic E-state index is -1.29.